The lowest BCUT2D eigenvalue weighted by atomic mass is 9.99. The molecule has 2 rings (SSSR count). The average molecular weight is 264 g/mol. The lowest BCUT2D eigenvalue weighted by Gasteiger charge is -2.31. The van der Waals surface area contributed by atoms with Crippen LogP contribution in [0.1, 0.15) is 37.8 Å². The van der Waals surface area contributed by atoms with Gasteiger partial charge in [-0.25, -0.2) is 4.39 Å². The minimum Gasteiger partial charge on any atom is -0.313 e. The molecule has 0 aromatic heterocycles. The van der Waals surface area contributed by atoms with Gasteiger partial charge in [-0.3, -0.25) is 4.90 Å². The Balaban J connectivity index is 2.01. The van der Waals surface area contributed by atoms with Gasteiger partial charge in [0.1, 0.15) is 5.82 Å². The maximum Gasteiger partial charge on any atom is 0.127 e. The van der Waals surface area contributed by atoms with Crippen molar-refractivity contribution in [2.24, 2.45) is 5.92 Å². The minimum atomic E-state index is -0.0709. The van der Waals surface area contributed by atoms with Crippen LogP contribution in [0.2, 0.25) is 0 Å². The standard InChI is InChI=1S/C16H25FN2/c1-3-18-10-14-6-7-16(17)15(9-14)12-19-8-4-5-13(2)11-19/h6-7,9,13,18H,3-5,8,10-12H2,1-2H3. The summed E-state index contributed by atoms with van der Waals surface area (Å²) in [6, 6.07) is 5.49. The van der Waals surface area contributed by atoms with E-state index in [0.717, 1.165) is 44.2 Å². The van der Waals surface area contributed by atoms with Gasteiger partial charge in [-0.2, -0.15) is 0 Å². The van der Waals surface area contributed by atoms with Crippen molar-refractivity contribution in [1.82, 2.24) is 10.2 Å². The van der Waals surface area contributed by atoms with Gasteiger partial charge >= 0.3 is 0 Å². The number of nitrogens with zero attached hydrogens (tertiary/aromatic N) is 1. The Hall–Kier alpha value is -0.930. The topological polar surface area (TPSA) is 15.3 Å². The fourth-order valence-corrected chi connectivity index (χ4v) is 2.80. The van der Waals surface area contributed by atoms with Gasteiger partial charge in [0, 0.05) is 25.2 Å². The second-order valence-electron chi connectivity index (χ2n) is 5.69. The first kappa shape index (κ1) is 14.5. The van der Waals surface area contributed by atoms with Crippen molar-refractivity contribution in [1.29, 1.82) is 0 Å². The fraction of sp³-hybridized carbons (Fsp3) is 0.625. The molecule has 1 N–H and O–H groups in total. The fourth-order valence-electron chi connectivity index (χ4n) is 2.80. The Bertz CT molecular complexity index is 406. The predicted molar refractivity (Wildman–Crippen MR) is 77.5 cm³/mol. The molecule has 0 amide bonds. The van der Waals surface area contributed by atoms with Gasteiger partial charge in [0.15, 0.2) is 0 Å². The minimum absolute atomic E-state index is 0.0709. The smallest absolute Gasteiger partial charge is 0.127 e. The summed E-state index contributed by atoms with van der Waals surface area (Å²) in [7, 11) is 0. The second-order valence-corrected chi connectivity index (χ2v) is 5.69. The summed E-state index contributed by atoms with van der Waals surface area (Å²) in [5, 5.41) is 3.29. The van der Waals surface area contributed by atoms with Gasteiger partial charge in [-0.05, 0) is 43.5 Å². The normalized spacial score (nSPS) is 20.7. The zero-order chi connectivity index (χ0) is 13.7. The van der Waals surface area contributed by atoms with Crippen molar-refractivity contribution >= 4 is 0 Å². The Morgan fingerprint density at radius 3 is 3.00 bits per heavy atom. The Morgan fingerprint density at radius 2 is 2.26 bits per heavy atom. The Labute approximate surface area is 116 Å². The Morgan fingerprint density at radius 1 is 1.42 bits per heavy atom. The van der Waals surface area contributed by atoms with Gasteiger partial charge in [-0.1, -0.05) is 26.0 Å². The molecule has 1 fully saturated rings. The third kappa shape index (κ3) is 4.29. The van der Waals surface area contributed by atoms with Crippen LogP contribution in [0, 0.1) is 11.7 Å². The molecular weight excluding hydrogens is 239 g/mol. The van der Waals surface area contributed by atoms with Crippen LogP contribution in [0.15, 0.2) is 18.2 Å². The van der Waals surface area contributed by atoms with Crippen molar-refractivity contribution < 1.29 is 4.39 Å². The highest BCUT2D eigenvalue weighted by atomic mass is 19.1. The molecule has 1 aromatic rings. The zero-order valence-electron chi connectivity index (χ0n) is 12.1. The molecule has 1 aliphatic rings. The second kappa shape index (κ2) is 7.01. The van der Waals surface area contributed by atoms with E-state index < -0.39 is 0 Å². The van der Waals surface area contributed by atoms with E-state index in [9.17, 15) is 4.39 Å². The van der Waals surface area contributed by atoms with Crippen LogP contribution in [0.4, 0.5) is 4.39 Å². The molecule has 19 heavy (non-hydrogen) atoms. The maximum absolute atomic E-state index is 13.9. The third-order valence-electron chi connectivity index (χ3n) is 3.82. The van der Waals surface area contributed by atoms with Crippen LogP contribution in [-0.2, 0) is 13.1 Å². The quantitative estimate of drug-likeness (QED) is 0.879. The monoisotopic (exact) mass is 264 g/mol. The largest absolute Gasteiger partial charge is 0.313 e. The summed E-state index contributed by atoms with van der Waals surface area (Å²) in [6.07, 6.45) is 2.54. The number of nitrogens with one attached hydrogen (secondary N) is 1. The van der Waals surface area contributed by atoms with Gasteiger partial charge in [-0.15, -0.1) is 0 Å². The highest BCUT2D eigenvalue weighted by molar-refractivity contribution is 5.25. The van der Waals surface area contributed by atoms with Crippen molar-refractivity contribution in [3.8, 4) is 0 Å². The first-order valence-electron chi connectivity index (χ1n) is 7.39. The van der Waals surface area contributed by atoms with E-state index in [1.165, 1.54) is 18.4 Å². The van der Waals surface area contributed by atoms with Crippen molar-refractivity contribution in [2.75, 3.05) is 19.6 Å². The molecule has 1 atom stereocenters. The summed E-state index contributed by atoms with van der Waals surface area (Å²) in [5.74, 6) is 0.667. The Kier molecular flexibility index (Phi) is 5.34. The van der Waals surface area contributed by atoms with Crippen molar-refractivity contribution in [2.45, 2.75) is 39.8 Å². The number of piperidine rings is 1. The van der Waals surface area contributed by atoms with E-state index in [1.54, 1.807) is 6.07 Å². The van der Waals surface area contributed by atoms with E-state index >= 15 is 0 Å². The van der Waals surface area contributed by atoms with Crippen LogP contribution in [0.5, 0.6) is 0 Å². The van der Waals surface area contributed by atoms with E-state index in [1.807, 2.05) is 12.1 Å². The highest BCUT2D eigenvalue weighted by Crippen LogP contribution is 2.19. The highest BCUT2D eigenvalue weighted by Gasteiger charge is 2.17. The number of benzene rings is 1. The molecule has 1 aromatic carbocycles. The first-order chi connectivity index (χ1) is 9.19. The summed E-state index contributed by atoms with van der Waals surface area (Å²) < 4.78 is 13.9. The van der Waals surface area contributed by atoms with Gasteiger partial charge in [0.2, 0.25) is 0 Å². The maximum atomic E-state index is 13.9. The van der Waals surface area contributed by atoms with E-state index in [0.29, 0.717) is 0 Å². The number of halogens is 1. The SMILES string of the molecule is CCNCc1ccc(F)c(CN2CCCC(C)C2)c1. The first-order valence-corrected chi connectivity index (χ1v) is 7.39. The van der Waals surface area contributed by atoms with Crippen molar-refractivity contribution in [3.05, 3.63) is 35.1 Å². The molecule has 0 saturated carbocycles. The van der Waals surface area contributed by atoms with E-state index in [4.69, 9.17) is 0 Å². The van der Waals surface area contributed by atoms with E-state index in [-0.39, 0.29) is 5.82 Å². The molecule has 106 valence electrons. The molecule has 2 nitrogen and oxygen atoms in total. The lowest BCUT2D eigenvalue weighted by Crippen LogP contribution is -2.34. The predicted octanol–water partition coefficient (Wildman–Crippen LogP) is 3.17. The number of rotatable bonds is 5. The van der Waals surface area contributed by atoms with Crippen LogP contribution in [0.25, 0.3) is 0 Å². The van der Waals surface area contributed by atoms with Gasteiger partial charge in [0.05, 0.1) is 0 Å². The lowest BCUT2D eigenvalue weighted by molar-refractivity contribution is 0.175. The van der Waals surface area contributed by atoms with E-state index in [2.05, 4.69) is 24.1 Å². The summed E-state index contributed by atoms with van der Waals surface area (Å²) in [6.45, 7) is 9.06. The average Bonchev–Trinajstić information content (AvgIpc) is 2.40. The molecule has 1 aliphatic heterocycles. The molecule has 0 bridgehead atoms. The summed E-state index contributed by atoms with van der Waals surface area (Å²) >= 11 is 0. The molecule has 3 heteroatoms. The van der Waals surface area contributed by atoms with Crippen LogP contribution in [-0.4, -0.2) is 24.5 Å². The molecule has 0 radical (unpaired) electrons. The molecular formula is C16H25FN2. The van der Waals surface area contributed by atoms with Crippen LogP contribution >= 0.6 is 0 Å². The summed E-state index contributed by atoms with van der Waals surface area (Å²) in [5.41, 5.74) is 2.01. The summed E-state index contributed by atoms with van der Waals surface area (Å²) in [4.78, 5) is 2.38. The number of hydrogen-bond acceptors (Lipinski definition) is 2. The molecule has 1 unspecified atom stereocenters. The van der Waals surface area contributed by atoms with Crippen LogP contribution < -0.4 is 5.32 Å². The molecule has 1 saturated heterocycles. The number of likely N-dealkylation sites (tertiary alicyclic amines) is 1. The molecule has 0 aliphatic carbocycles. The van der Waals surface area contributed by atoms with Gasteiger partial charge in [0.25, 0.3) is 0 Å². The molecule has 1 heterocycles. The third-order valence-corrected chi connectivity index (χ3v) is 3.82. The number of hydrogen-bond donors (Lipinski definition) is 1. The van der Waals surface area contributed by atoms with Crippen LogP contribution in [0.3, 0.4) is 0 Å². The van der Waals surface area contributed by atoms with Gasteiger partial charge < -0.3 is 5.32 Å². The van der Waals surface area contributed by atoms with Crippen molar-refractivity contribution in [3.63, 3.8) is 0 Å². The zero-order valence-corrected chi connectivity index (χ0v) is 12.1. The molecule has 0 spiro atoms.